The maximum absolute atomic E-state index is 12.2. The van der Waals surface area contributed by atoms with E-state index < -0.39 is 23.9 Å². The molecule has 1 rings (SSSR count). The number of nitrogens with two attached hydrogens (primary N) is 1. The number of hydrogen-bond donors (Lipinski definition) is 2. The normalized spacial score (nSPS) is 22.1. The number of carbonyl (C=O) groups excluding carboxylic acids is 3. The summed E-state index contributed by atoms with van der Waals surface area (Å²) in [4.78, 5) is 36.4. The molecule has 0 aromatic rings. The van der Waals surface area contributed by atoms with Crippen LogP contribution in [-0.2, 0) is 14.4 Å². The summed E-state index contributed by atoms with van der Waals surface area (Å²) in [5, 5.41) is 2.23. The van der Waals surface area contributed by atoms with E-state index in [-0.39, 0.29) is 12.5 Å². The SMILES string of the molecule is CCC1C(=O)NC(=O)CN1C(=O)[C@@H](N)CC(C)C. The average molecular weight is 255 g/mol. The lowest BCUT2D eigenvalue weighted by molar-refractivity contribution is -0.151. The van der Waals surface area contributed by atoms with Crippen LogP contribution >= 0.6 is 0 Å². The number of amides is 3. The zero-order valence-corrected chi connectivity index (χ0v) is 11.1. The van der Waals surface area contributed by atoms with E-state index in [9.17, 15) is 14.4 Å². The molecule has 102 valence electrons. The third-order valence-electron chi connectivity index (χ3n) is 2.97. The molecule has 0 radical (unpaired) electrons. The summed E-state index contributed by atoms with van der Waals surface area (Å²) in [5.74, 6) is -0.897. The van der Waals surface area contributed by atoms with E-state index in [0.717, 1.165) is 0 Å². The highest BCUT2D eigenvalue weighted by Gasteiger charge is 2.37. The molecule has 1 saturated heterocycles. The monoisotopic (exact) mass is 255 g/mol. The molecule has 18 heavy (non-hydrogen) atoms. The van der Waals surface area contributed by atoms with Crippen LogP contribution in [-0.4, -0.2) is 41.2 Å². The standard InChI is InChI=1S/C12H21N3O3/c1-4-9-11(17)14-10(16)6-15(9)12(18)8(13)5-7(2)3/h7-9H,4-6,13H2,1-3H3,(H,14,16,17)/t8-,9?/m0/s1. The molecule has 1 heterocycles. The summed E-state index contributed by atoms with van der Waals surface area (Å²) in [6, 6.07) is -1.24. The Bertz CT molecular complexity index is 354. The van der Waals surface area contributed by atoms with Crippen LogP contribution in [0.4, 0.5) is 0 Å². The van der Waals surface area contributed by atoms with E-state index in [1.54, 1.807) is 6.92 Å². The van der Waals surface area contributed by atoms with Crippen molar-refractivity contribution in [1.82, 2.24) is 10.2 Å². The zero-order chi connectivity index (χ0) is 13.9. The van der Waals surface area contributed by atoms with Gasteiger partial charge in [-0.2, -0.15) is 0 Å². The third kappa shape index (κ3) is 3.29. The first-order chi connectivity index (χ1) is 8.36. The van der Waals surface area contributed by atoms with Crippen LogP contribution < -0.4 is 11.1 Å². The predicted octanol–water partition coefficient (Wildman–Crippen LogP) is -0.377. The minimum atomic E-state index is -0.655. The van der Waals surface area contributed by atoms with Crippen LogP contribution in [0.5, 0.6) is 0 Å². The number of rotatable bonds is 4. The van der Waals surface area contributed by atoms with Crippen molar-refractivity contribution in [2.45, 2.75) is 45.7 Å². The van der Waals surface area contributed by atoms with Crippen molar-refractivity contribution in [3.63, 3.8) is 0 Å². The Labute approximate surface area is 107 Å². The first kappa shape index (κ1) is 14.6. The Morgan fingerprint density at radius 2 is 2.11 bits per heavy atom. The van der Waals surface area contributed by atoms with Gasteiger partial charge in [-0.05, 0) is 18.8 Å². The van der Waals surface area contributed by atoms with Gasteiger partial charge in [0.05, 0.1) is 6.04 Å². The van der Waals surface area contributed by atoms with Gasteiger partial charge in [-0.25, -0.2) is 0 Å². The second-order valence-electron chi connectivity index (χ2n) is 5.04. The Balaban J connectivity index is 2.80. The number of imide groups is 1. The molecular formula is C12H21N3O3. The summed E-state index contributed by atoms with van der Waals surface area (Å²) < 4.78 is 0. The molecule has 0 saturated carbocycles. The van der Waals surface area contributed by atoms with Crippen molar-refractivity contribution in [3.8, 4) is 0 Å². The lowest BCUT2D eigenvalue weighted by Crippen LogP contribution is -2.62. The van der Waals surface area contributed by atoms with Crippen LogP contribution in [0.1, 0.15) is 33.6 Å². The van der Waals surface area contributed by atoms with E-state index in [0.29, 0.717) is 18.8 Å². The fraction of sp³-hybridized carbons (Fsp3) is 0.750. The van der Waals surface area contributed by atoms with Crippen LogP contribution in [0.15, 0.2) is 0 Å². The molecule has 0 spiro atoms. The van der Waals surface area contributed by atoms with E-state index in [4.69, 9.17) is 5.73 Å². The lowest BCUT2D eigenvalue weighted by Gasteiger charge is -2.35. The van der Waals surface area contributed by atoms with Crippen molar-refractivity contribution in [1.29, 1.82) is 0 Å². The summed E-state index contributed by atoms with van der Waals surface area (Å²) in [6.45, 7) is 5.65. The van der Waals surface area contributed by atoms with Gasteiger partial charge in [0, 0.05) is 0 Å². The van der Waals surface area contributed by atoms with Gasteiger partial charge in [-0.1, -0.05) is 20.8 Å². The Kier molecular flexibility index (Phi) is 4.84. The minimum absolute atomic E-state index is 0.0884. The van der Waals surface area contributed by atoms with E-state index >= 15 is 0 Å². The second-order valence-corrected chi connectivity index (χ2v) is 5.04. The largest absolute Gasteiger partial charge is 0.320 e. The molecule has 1 unspecified atom stereocenters. The van der Waals surface area contributed by atoms with E-state index in [1.165, 1.54) is 4.90 Å². The first-order valence-electron chi connectivity index (χ1n) is 6.26. The molecule has 1 aliphatic heterocycles. The quantitative estimate of drug-likeness (QED) is 0.670. The van der Waals surface area contributed by atoms with Crippen molar-refractivity contribution in [3.05, 3.63) is 0 Å². The van der Waals surface area contributed by atoms with Crippen LogP contribution in [0, 0.1) is 5.92 Å². The van der Waals surface area contributed by atoms with Gasteiger partial charge >= 0.3 is 0 Å². The van der Waals surface area contributed by atoms with Crippen LogP contribution in [0.25, 0.3) is 0 Å². The summed E-state index contributed by atoms with van der Waals surface area (Å²) in [7, 11) is 0. The highest BCUT2D eigenvalue weighted by Crippen LogP contribution is 2.13. The van der Waals surface area contributed by atoms with Gasteiger partial charge in [0.25, 0.3) is 0 Å². The number of hydrogen-bond acceptors (Lipinski definition) is 4. The molecule has 2 atom stereocenters. The molecule has 3 amide bonds. The molecule has 6 heteroatoms. The molecule has 0 bridgehead atoms. The summed E-state index contributed by atoms with van der Waals surface area (Å²) in [6.07, 6.45) is 1.01. The number of carbonyl (C=O) groups is 3. The highest BCUT2D eigenvalue weighted by atomic mass is 16.2. The van der Waals surface area contributed by atoms with Crippen LogP contribution in [0.2, 0.25) is 0 Å². The Hall–Kier alpha value is -1.43. The van der Waals surface area contributed by atoms with Crippen molar-refractivity contribution >= 4 is 17.7 Å². The average Bonchev–Trinajstić information content (AvgIpc) is 2.26. The predicted molar refractivity (Wildman–Crippen MR) is 66.4 cm³/mol. The number of nitrogens with zero attached hydrogens (tertiary/aromatic N) is 1. The van der Waals surface area contributed by atoms with Gasteiger partial charge in [-0.3, -0.25) is 19.7 Å². The first-order valence-corrected chi connectivity index (χ1v) is 6.26. The van der Waals surface area contributed by atoms with Crippen molar-refractivity contribution in [2.24, 2.45) is 11.7 Å². The minimum Gasteiger partial charge on any atom is -0.320 e. The molecular weight excluding hydrogens is 234 g/mol. The number of nitrogens with one attached hydrogen (secondary N) is 1. The second kappa shape index (κ2) is 5.95. The zero-order valence-electron chi connectivity index (χ0n) is 11.1. The Morgan fingerprint density at radius 3 is 2.61 bits per heavy atom. The Morgan fingerprint density at radius 1 is 1.50 bits per heavy atom. The van der Waals surface area contributed by atoms with Crippen molar-refractivity contribution in [2.75, 3.05) is 6.54 Å². The van der Waals surface area contributed by atoms with Gasteiger partial charge in [0.2, 0.25) is 17.7 Å². The fourth-order valence-corrected chi connectivity index (χ4v) is 2.13. The van der Waals surface area contributed by atoms with Crippen LogP contribution in [0.3, 0.4) is 0 Å². The number of piperazine rings is 1. The van der Waals surface area contributed by atoms with Gasteiger partial charge in [0.15, 0.2) is 0 Å². The van der Waals surface area contributed by atoms with Gasteiger partial charge < -0.3 is 10.6 Å². The maximum atomic E-state index is 12.2. The molecule has 1 aliphatic rings. The molecule has 6 nitrogen and oxygen atoms in total. The van der Waals surface area contributed by atoms with Gasteiger partial charge in [-0.15, -0.1) is 0 Å². The molecule has 0 aliphatic carbocycles. The molecule has 1 fully saturated rings. The van der Waals surface area contributed by atoms with Gasteiger partial charge in [0.1, 0.15) is 12.6 Å². The smallest absolute Gasteiger partial charge is 0.249 e. The van der Waals surface area contributed by atoms with Crippen molar-refractivity contribution < 1.29 is 14.4 Å². The highest BCUT2D eigenvalue weighted by molar-refractivity contribution is 6.04. The fourth-order valence-electron chi connectivity index (χ4n) is 2.13. The van der Waals surface area contributed by atoms with E-state index in [2.05, 4.69) is 5.32 Å². The topological polar surface area (TPSA) is 92.5 Å². The van der Waals surface area contributed by atoms with E-state index in [1.807, 2.05) is 13.8 Å². The lowest BCUT2D eigenvalue weighted by atomic mass is 10.0. The summed E-state index contributed by atoms with van der Waals surface area (Å²) >= 11 is 0. The molecule has 0 aromatic carbocycles. The maximum Gasteiger partial charge on any atom is 0.249 e. The molecule has 0 aromatic heterocycles. The summed E-state index contributed by atoms with van der Waals surface area (Å²) in [5.41, 5.74) is 5.82. The molecule has 3 N–H and O–H groups in total. The third-order valence-corrected chi connectivity index (χ3v) is 2.97.